The lowest BCUT2D eigenvalue weighted by Gasteiger charge is -2.10. The molecule has 0 unspecified atom stereocenters. The first kappa shape index (κ1) is 11.5. The molecule has 0 aliphatic carbocycles. The molecule has 0 aromatic heterocycles. The smallest absolute Gasteiger partial charge is 0.308 e. The summed E-state index contributed by atoms with van der Waals surface area (Å²) in [6, 6.07) is 0. The molecule has 0 rings (SSSR count). The number of hydrogen-bond acceptors (Lipinski definition) is 2. The number of carbonyl (C=O) groups is 1. The van der Waals surface area contributed by atoms with Crippen LogP contribution in [0.15, 0.2) is 0 Å². The molecule has 0 aromatic carbocycles. The van der Waals surface area contributed by atoms with E-state index in [0.717, 1.165) is 12.8 Å². The van der Waals surface area contributed by atoms with Crippen LogP contribution in [0.25, 0.3) is 0 Å². The van der Waals surface area contributed by atoms with Gasteiger partial charge in [0.15, 0.2) is 0 Å². The Bertz CT molecular complexity index is 130. The number of rotatable bonds is 5. The van der Waals surface area contributed by atoms with Crippen molar-refractivity contribution in [3.05, 3.63) is 0 Å². The molecule has 0 saturated carbocycles. The van der Waals surface area contributed by atoms with Crippen LogP contribution in [0, 0.1) is 11.8 Å². The normalized spacial score (nSPS) is 13.1. The second-order valence-electron chi connectivity index (χ2n) is 3.62. The summed E-state index contributed by atoms with van der Waals surface area (Å²) in [5.74, 6) is 0.574. The van der Waals surface area contributed by atoms with Gasteiger partial charge >= 0.3 is 5.97 Å². The Balaban J connectivity index is 3.37. The molecule has 0 bridgehead atoms. The fourth-order valence-electron chi connectivity index (χ4n) is 0.731. The predicted molar refractivity (Wildman–Crippen MR) is 49.9 cm³/mol. The van der Waals surface area contributed by atoms with Crippen LogP contribution in [0.3, 0.4) is 0 Å². The van der Waals surface area contributed by atoms with Gasteiger partial charge in [0.2, 0.25) is 0 Å². The summed E-state index contributed by atoms with van der Waals surface area (Å²) < 4.78 is 5.04. The number of carbonyl (C=O) groups excluding carboxylic acids is 1. The summed E-state index contributed by atoms with van der Waals surface area (Å²) in [7, 11) is 0. The Labute approximate surface area is 75.3 Å². The Morgan fingerprint density at radius 3 is 2.33 bits per heavy atom. The number of ether oxygens (including phenoxy) is 1. The minimum absolute atomic E-state index is 0.00179. The third-order valence-electron chi connectivity index (χ3n) is 2.02. The van der Waals surface area contributed by atoms with E-state index >= 15 is 0 Å². The largest absolute Gasteiger partial charge is 0.465 e. The summed E-state index contributed by atoms with van der Waals surface area (Å²) in [6.45, 7) is 8.60. The molecule has 2 heteroatoms. The van der Waals surface area contributed by atoms with Crippen molar-refractivity contribution in [1.29, 1.82) is 0 Å². The van der Waals surface area contributed by atoms with Gasteiger partial charge in [-0.3, -0.25) is 4.79 Å². The molecule has 0 aromatic rings. The SMILES string of the molecule is CC[C@@H](C)CCOC(=O)C(C)C. The molecule has 0 heterocycles. The van der Waals surface area contributed by atoms with Gasteiger partial charge in [-0.15, -0.1) is 0 Å². The average molecular weight is 172 g/mol. The van der Waals surface area contributed by atoms with Gasteiger partial charge in [0.05, 0.1) is 12.5 Å². The zero-order chi connectivity index (χ0) is 9.56. The van der Waals surface area contributed by atoms with E-state index < -0.39 is 0 Å². The van der Waals surface area contributed by atoms with Crippen molar-refractivity contribution in [2.24, 2.45) is 11.8 Å². The molecule has 72 valence electrons. The molecule has 0 spiro atoms. The van der Waals surface area contributed by atoms with Gasteiger partial charge in [-0.05, 0) is 12.3 Å². The van der Waals surface area contributed by atoms with Crippen molar-refractivity contribution < 1.29 is 9.53 Å². The lowest BCUT2D eigenvalue weighted by molar-refractivity contribution is -0.147. The van der Waals surface area contributed by atoms with Crippen LogP contribution in [-0.2, 0) is 9.53 Å². The Kier molecular flexibility index (Phi) is 5.77. The first-order valence-electron chi connectivity index (χ1n) is 4.74. The standard InChI is InChI=1S/C10H20O2/c1-5-9(4)6-7-12-10(11)8(2)3/h8-9H,5-7H2,1-4H3/t9-/m1/s1. The maximum absolute atomic E-state index is 11.0. The Morgan fingerprint density at radius 2 is 1.92 bits per heavy atom. The average Bonchev–Trinajstić information content (AvgIpc) is 2.03. The highest BCUT2D eigenvalue weighted by Crippen LogP contribution is 2.06. The molecule has 0 amide bonds. The van der Waals surface area contributed by atoms with E-state index in [1.165, 1.54) is 0 Å². The van der Waals surface area contributed by atoms with E-state index in [-0.39, 0.29) is 11.9 Å². The highest BCUT2D eigenvalue weighted by Gasteiger charge is 2.08. The van der Waals surface area contributed by atoms with Crippen molar-refractivity contribution in [2.45, 2.75) is 40.5 Å². The molecule has 0 aliphatic rings. The molecular formula is C10H20O2. The van der Waals surface area contributed by atoms with Gasteiger partial charge in [0, 0.05) is 0 Å². The molecule has 0 radical (unpaired) electrons. The Hall–Kier alpha value is -0.530. The molecule has 0 N–H and O–H groups in total. The second kappa shape index (κ2) is 6.04. The monoisotopic (exact) mass is 172 g/mol. The fourth-order valence-corrected chi connectivity index (χ4v) is 0.731. The molecule has 0 fully saturated rings. The van der Waals surface area contributed by atoms with Crippen LogP contribution in [-0.4, -0.2) is 12.6 Å². The summed E-state index contributed by atoms with van der Waals surface area (Å²) in [6.07, 6.45) is 2.13. The third-order valence-corrected chi connectivity index (χ3v) is 2.02. The fraction of sp³-hybridized carbons (Fsp3) is 0.900. The van der Waals surface area contributed by atoms with E-state index in [0.29, 0.717) is 12.5 Å². The van der Waals surface area contributed by atoms with Gasteiger partial charge in [-0.25, -0.2) is 0 Å². The summed E-state index contributed by atoms with van der Waals surface area (Å²) in [5, 5.41) is 0. The van der Waals surface area contributed by atoms with Crippen LogP contribution in [0.1, 0.15) is 40.5 Å². The molecule has 2 nitrogen and oxygen atoms in total. The Morgan fingerprint density at radius 1 is 1.33 bits per heavy atom. The highest BCUT2D eigenvalue weighted by molar-refractivity contribution is 5.71. The maximum atomic E-state index is 11.0. The number of hydrogen-bond donors (Lipinski definition) is 0. The second-order valence-corrected chi connectivity index (χ2v) is 3.62. The molecule has 1 atom stereocenters. The van der Waals surface area contributed by atoms with Crippen molar-refractivity contribution >= 4 is 5.97 Å². The molecule has 0 aliphatic heterocycles. The third kappa shape index (κ3) is 5.16. The van der Waals surface area contributed by atoms with Crippen LogP contribution in [0.4, 0.5) is 0 Å². The van der Waals surface area contributed by atoms with Crippen LogP contribution < -0.4 is 0 Å². The maximum Gasteiger partial charge on any atom is 0.308 e. The van der Waals surface area contributed by atoms with Crippen molar-refractivity contribution in [2.75, 3.05) is 6.61 Å². The summed E-state index contributed by atoms with van der Waals surface area (Å²) in [5.41, 5.74) is 0. The van der Waals surface area contributed by atoms with E-state index in [1.807, 2.05) is 13.8 Å². The predicted octanol–water partition coefficient (Wildman–Crippen LogP) is 2.62. The van der Waals surface area contributed by atoms with Crippen LogP contribution in [0.5, 0.6) is 0 Å². The van der Waals surface area contributed by atoms with E-state index in [1.54, 1.807) is 0 Å². The van der Waals surface area contributed by atoms with Crippen LogP contribution >= 0.6 is 0 Å². The zero-order valence-electron chi connectivity index (χ0n) is 8.59. The van der Waals surface area contributed by atoms with E-state index in [2.05, 4.69) is 13.8 Å². The van der Waals surface area contributed by atoms with Crippen molar-refractivity contribution in [3.8, 4) is 0 Å². The van der Waals surface area contributed by atoms with Gasteiger partial charge < -0.3 is 4.74 Å². The first-order chi connectivity index (χ1) is 5.57. The van der Waals surface area contributed by atoms with E-state index in [9.17, 15) is 4.79 Å². The van der Waals surface area contributed by atoms with E-state index in [4.69, 9.17) is 4.74 Å². The van der Waals surface area contributed by atoms with Crippen LogP contribution in [0.2, 0.25) is 0 Å². The molecular weight excluding hydrogens is 152 g/mol. The highest BCUT2D eigenvalue weighted by atomic mass is 16.5. The quantitative estimate of drug-likeness (QED) is 0.596. The lowest BCUT2D eigenvalue weighted by Crippen LogP contribution is -2.13. The molecule has 0 saturated heterocycles. The number of esters is 1. The topological polar surface area (TPSA) is 26.3 Å². The van der Waals surface area contributed by atoms with Gasteiger partial charge in [-0.2, -0.15) is 0 Å². The molecule has 12 heavy (non-hydrogen) atoms. The minimum Gasteiger partial charge on any atom is -0.465 e. The lowest BCUT2D eigenvalue weighted by atomic mass is 10.1. The van der Waals surface area contributed by atoms with Crippen molar-refractivity contribution in [1.82, 2.24) is 0 Å². The van der Waals surface area contributed by atoms with Gasteiger partial charge in [0.25, 0.3) is 0 Å². The summed E-state index contributed by atoms with van der Waals surface area (Å²) >= 11 is 0. The van der Waals surface area contributed by atoms with Crippen molar-refractivity contribution in [3.63, 3.8) is 0 Å². The zero-order valence-corrected chi connectivity index (χ0v) is 8.59. The summed E-state index contributed by atoms with van der Waals surface area (Å²) in [4.78, 5) is 11.0. The van der Waals surface area contributed by atoms with Gasteiger partial charge in [-0.1, -0.05) is 34.1 Å². The first-order valence-corrected chi connectivity index (χ1v) is 4.74. The minimum atomic E-state index is -0.0849. The van der Waals surface area contributed by atoms with Gasteiger partial charge in [0.1, 0.15) is 0 Å².